The molecule has 1 N–H and O–H groups in total. The summed E-state index contributed by atoms with van der Waals surface area (Å²) in [7, 11) is 0. The van der Waals surface area contributed by atoms with Crippen molar-refractivity contribution >= 4 is 23.4 Å². The second kappa shape index (κ2) is 7.87. The normalized spacial score (nSPS) is 12.0. The molecule has 1 aromatic heterocycles. The van der Waals surface area contributed by atoms with E-state index in [0.717, 1.165) is 40.6 Å². The van der Waals surface area contributed by atoms with Gasteiger partial charge in [0.2, 0.25) is 11.8 Å². The van der Waals surface area contributed by atoms with Crippen molar-refractivity contribution in [2.45, 2.75) is 31.2 Å². The van der Waals surface area contributed by atoms with Crippen molar-refractivity contribution in [2.75, 3.05) is 5.32 Å². The monoisotopic (exact) mass is 389 g/mol. The fourth-order valence-electron chi connectivity index (χ4n) is 2.52. The van der Waals surface area contributed by atoms with E-state index in [1.807, 2.05) is 32.0 Å². The highest BCUT2D eigenvalue weighted by atomic mass is 32.2. The van der Waals surface area contributed by atoms with Crippen LogP contribution >= 0.6 is 11.8 Å². The van der Waals surface area contributed by atoms with E-state index in [4.69, 9.17) is 4.42 Å². The Bertz CT molecular complexity index is 950. The lowest BCUT2D eigenvalue weighted by molar-refractivity contribution is -0.115. The average molecular weight is 389 g/mol. The molecule has 0 radical (unpaired) electrons. The van der Waals surface area contributed by atoms with Crippen molar-refractivity contribution in [3.8, 4) is 11.5 Å². The first-order valence-corrected chi connectivity index (χ1v) is 9.05. The van der Waals surface area contributed by atoms with E-state index in [1.165, 1.54) is 6.07 Å². The van der Waals surface area contributed by atoms with Crippen LogP contribution in [0.1, 0.15) is 18.1 Å². The second-order valence-electron chi connectivity index (χ2n) is 6.10. The fourth-order valence-corrected chi connectivity index (χ4v) is 3.20. The molecule has 0 saturated carbocycles. The van der Waals surface area contributed by atoms with Gasteiger partial charge >= 0.3 is 0 Å². The Morgan fingerprint density at radius 3 is 2.37 bits per heavy atom. The minimum atomic E-state index is -0.838. The summed E-state index contributed by atoms with van der Waals surface area (Å²) in [5.74, 6) is -1.90. The predicted octanol–water partition coefficient (Wildman–Crippen LogP) is 4.75. The van der Waals surface area contributed by atoms with E-state index in [9.17, 15) is 13.6 Å². The van der Waals surface area contributed by atoms with Crippen LogP contribution in [-0.2, 0) is 4.79 Å². The number of anilines is 1. The Kier molecular flexibility index (Phi) is 5.55. The third-order valence-corrected chi connectivity index (χ3v) is 4.67. The van der Waals surface area contributed by atoms with E-state index < -0.39 is 28.5 Å². The molecular weight excluding hydrogens is 372 g/mol. The topological polar surface area (TPSA) is 68.0 Å². The number of amides is 1. The van der Waals surface area contributed by atoms with Crippen molar-refractivity contribution in [3.63, 3.8) is 0 Å². The largest absolute Gasteiger partial charge is 0.411 e. The molecule has 0 spiro atoms. The summed E-state index contributed by atoms with van der Waals surface area (Å²) < 4.78 is 32.9. The molecule has 5 nitrogen and oxygen atoms in total. The predicted molar refractivity (Wildman–Crippen MR) is 99.5 cm³/mol. The number of para-hydroxylation sites is 1. The molecule has 3 aromatic rings. The quantitative estimate of drug-likeness (QED) is 0.638. The van der Waals surface area contributed by atoms with Crippen molar-refractivity contribution in [1.82, 2.24) is 10.2 Å². The van der Waals surface area contributed by atoms with Gasteiger partial charge in [-0.1, -0.05) is 35.0 Å². The molecule has 1 heterocycles. The van der Waals surface area contributed by atoms with Gasteiger partial charge in [-0.2, -0.15) is 0 Å². The molecule has 140 valence electrons. The van der Waals surface area contributed by atoms with Gasteiger partial charge < -0.3 is 9.73 Å². The fraction of sp³-hybridized carbons (Fsp3) is 0.211. The van der Waals surface area contributed by atoms with Crippen LogP contribution in [0, 0.1) is 25.5 Å². The summed E-state index contributed by atoms with van der Waals surface area (Å²) in [5.41, 5.74) is 2.45. The van der Waals surface area contributed by atoms with Gasteiger partial charge in [-0.25, -0.2) is 8.78 Å². The first-order chi connectivity index (χ1) is 12.8. The number of nitrogens with zero attached hydrogens (tertiary/aromatic N) is 2. The van der Waals surface area contributed by atoms with Gasteiger partial charge in [0.1, 0.15) is 17.3 Å². The first-order valence-electron chi connectivity index (χ1n) is 8.17. The van der Waals surface area contributed by atoms with E-state index in [2.05, 4.69) is 15.5 Å². The SMILES string of the molecule is Cc1cc(C)cc(-c2nnc(S[C@H](C)C(=O)Nc3c(F)cccc3F)o2)c1. The number of benzene rings is 2. The minimum absolute atomic E-state index is 0.195. The summed E-state index contributed by atoms with van der Waals surface area (Å²) in [6.07, 6.45) is 0. The number of thioether (sulfide) groups is 1. The van der Waals surface area contributed by atoms with Crippen LogP contribution in [0.4, 0.5) is 14.5 Å². The number of halogens is 2. The molecule has 0 unspecified atom stereocenters. The Balaban J connectivity index is 1.70. The van der Waals surface area contributed by atoms with Crippen molar-refractivity contribution in [3.05, 3.63) is 59.2 Å². The number of carbonyl (C=O) groups is 1. The maximum Gasteiger partial charge on any atom is 0.277 e. The molecule has 1 atom stereocenters. The number of aryl methyl sites for hydroxylation is 2. The number of rotatable bonds is 5. The summed E-state index contributed by atoms with van der Waals surface area (Å²) >= 11 is 1.01. The maximum atomic E-state index is 13.7. The molecule has 2 aromatic carbocycles. The average Bonchev–Trinajstić information content (AvgIpc) is 3.06. The maximum absolute atomic E-state index is 13.7. The van der Waals surface area contributed by atoms with Crippen LogP contribution in [0.15, 0.2) is 46.0 Å². The molecule has 27 heavy (non-hydrogen) atoms. The van der Waals surface area contributed by atoms with Crippen LogP contribution in [0.5, 0.6) is 0 Å². The van der Waals surface area contributed by atoms with E-state index >= 15 is 0 Å². The van der Waals surface area contributed by atoms with Gasteiger partial charge in [0, 0.05) is 5.56 Å². The highest BCUT2D eigenvalue weighted by Gasteiger charge is 2.21. The highest BCUT2D eigenvalue weighted by molar-refractivity contribution is 8.00. The lowest BCUT2D eigenvalue weighted by atomic mass is 10.1. The summed E-state index contributed by atoms with van der Waals surface area (Å²) in [5, 5.41) is 9.69. The minimum Gasteiger partial charge on any atom is -0.411 e. The second-order valence-corrected chi connectivity index (χ2v) is 7.39. The molecule has 0 aliphatic rings. The lowest BCUT2D eigenvalue weighted by Gasteiger charge is -2.11. The molecule has 0 bridgehead atoms. The molecular formula is C19H17F2N3O2S. The standard InChI is InChI=1S/C19H17F2N3O2S/c1-10-7-11(2)9-13(8-10)18-23-24-19(26-18)27-12(3)17(25)22-16-14(20)5-4-6-15(16)21/h4-9,12H,1-3H3,(H,22,25)/t12-/m1/s1. The van der Waals surface area contributed by atoms with Crippen LogP contribution in [0.25, 0.3) is 11.5 Å². The summed E-state index contributed by atoms with van der Waals surface area (Å²) in [6.45, 7) is 5.52. The van der Waals surface area contributed by atoms with Gasteiger partial charge in [-0.3, -0.25) is 4.79 Å². The number of nitrogens with one attached hydrogen (secondary N) is 1. The molecule has 8 heteroatoms. The molecule has 1 amide bonds. The van der Waals surface area contributed by atoms with Gasteiger partial charge in [-0.15, -0.1) is 10.2 Å². The van der Waals surface area contributed by atoms with Gasteiger partial charge in [0.25, 0.3) is 5.22 Å². The van der Waals surface area contributed by atoms with Crippen LogP contribution in [0.2, 0.25) is 0 Å². The smallest absolute Gasteiger partial charge is 0.277 e. The van der Waals surface area contributed by atoms with Crippen LogP contribution < -0.4 is 5.32 Å². The van der Waals surface area contributed by atoms with E-state index in [-0.39, 0.29) is 5.22 Å². The number of aromatic nitrogens is 2. The highest BCUT2D eigenvalue weighted by Crippen LogP contribution is 2.28. The number of hydrogen-bond acceptors (Lipinski definition) is 5. The molecule has 0 aliphatic carbocycles. The number of hydrogen-bond donors (Lipinski definition) is 1. The lowest BCUT2D eigenvalue weighted by Crippen LogP contribution is -2.23. The third-order valence-electron chi connectivity index (χ3n) is 3.73. The Hall–Kier alpha value is -2.74. The Morgan fingerprint density at radius 1 is 1.11 bits per heavy atom. The zero-order valence-corrected chi connectivity index (χ0v) is 15.7. The zero-order chi connectivity index (χ0) is 19.6. The third kappa shape index (κ3) is 4.51. The van der Waals surface area contributed by atoms with Crippen molar-refractivity contribution < 1.29 is 18.0 Å². The first kappa shape index (κ1) is 19.0. The Labute approximate surface area is 159 Å². The van der Waals surface area contributed by atoms with Crippen LogP contribution in [-0.4, -0.2) is 21.4 Å². The van der Waals surface area contributed by atoms with Gasteiger partial charge in [0.05, 0.1) is 5.25 Å². The molecule has 0 saturated heterocycles. The Morgan fingerprint density at radius 2 is 1.74 bits per heavy atom. The zero-order valence-electron chi connectivity index (χ0n) is 14.9. The summed E-state index contributed by atoms with van der Waals surface area (Å²) in [6, 6.07) is 9.25. The molecule has 3 rings (SSSR count). The molecule has 0 fully saturated rings. The van der Waals surface area contributed by atoms with Crippen molar-refractivity contribution in [1.29, 1.82) is 0 Å². The van der Waals surface area contributed by atoms with Crippen molar-refractivity contribution in [2.24, 2.45) is 0 Å². The van der Waals surface area contributed by atoms with E-state index in [0.29, 0.717) is 5.89 Å². The van der Waals surface area contributed by atoms with Crippen LogP contribution in [0.3, 0.4) is 0 Å². The number of carbonyl (C=O) groups excluding carboxylic acids is 1. The molecule has 0 aliphatic heterocycles. The van der Waals surface area contributed by atoms with Gasteiger partial charge in [-0.05, 0) is 45.0 Å². The van der Waals surface area contributed by atoms with E-state index in [1.54, 1.807) is 6.92 Å². The van der Waals surface area contributed by atoms with Gasteiger partial charge in [0.15, 0.2) is 0 Å². The summed E-state index contributed by atoms with van der Waals surface area (Å²) in [4.78, 5) is 12.2.